The number of hydrogen-bond donors (Lipinski definition) is 1. The molecule has 0 amide bonds. The van der Waals surface area contributed by atoms with Gasteiger partial charge >= 0.3 is 12.3 Å². The van der Waals surface area contributed by atoms with E-state index in [1.165, 1.54) is 29.5 Å². The van der Waals surface area contributed by atoms with E-state index in [9.17, 15) is 23.1 Å². The number of ether oxygens (including phenoxy) is 4. The van der Waals surface area contributed by atoms with E-state index < -0.39 is 18.4 Å². The standard InChI is InChI=1S/C23H26F3NO6S/c1-12(2)31-22(29)17-11-34-21(27-17)19-7-6-15-16(18(28)9-20(15)32-19)10-30-13-4-3-5-14(8-13)33-23(24,25)26/h3-5,8,11-12,15-16,18-20,28H,6-7,9-10H2,1-2H3/t15-,16-,18-,19-,20+/m1/s1. The van der Waals surface area contributed by atoms with Gasteiger partial charge < -0.3 is 24.1 Å². The highest BCUT2D eigenvalue weighted by Crippen LogP contribution is 2.46. The number of halogens is 3. The predicted molar refractivity (Wildman–Crippen MR) is 116 cm³/mol. The number of aliphatic hydroxyl groups is 1. The molecule has 2 aliphatic rings. The van der Waals surface area contributed by atoms with Crippen LogP contribution in [-0.4, -0.2) is 47.3 Å². The van der Waals surface area contributed by atoms with Gasteiger partial charge in [0.25, 0.3) is 0 Å². The Morgan fingerprint density at radius 2 is 2.06 bits per heavy atom. The molecular weight excluding hydrogens is 475 g/mol. The van der Waals surface area contributed by atoms with E-state index in [2.05, 4.69) is 9.72 Å². The molecule has 5 atom stereocenters. The van der Waals surface area contributed by atoms with E-state index in [0.717, 1.165) is 6.42 Å². The normalized spacial score (nSPS) is 26.9. The molecule has 4 rings (SSSR count). The van der Waals surface area contributed by atoms with Crippen molar-refractivity contribution in [3.05, 3.63) is 40.3 Å². The van der Waals surface area contributed by atoms with E-state index >= 15 is 0 Å². The van der Waals surface area contributed by atoms with Crippen LogP contribution in [0.15, 0.2) is 29.6 Å². The fourth-order valence-electron chi connectivity index (χ4n) is 4.50. The number of aliphatic hydroxyl groups excluding tert-OH is 1. The summed E-state index contributed by atoms with van der Waals surface area (Å²) >= 11 is 1.34. The summed E-state index contributed by atoms with van der Waals surface area (Å²) in [7, 11) is 0. The maximum atomic E-state index is 12.4. The van der Waals surface area contributed by atoms with Crippen molar-refractivity contribution in [3.8, 4) is 11.5 Å². The van der Waals surface area contributed by atoms with Gasteiger partial charge in [-0.2, -0.15) is 0 Å². The molecule has 0 spiro atoms. The van der Waals surface area contributed by atoms with Gasteiger partial charge in [-0.05, 0) is 44.7 Å². The number of fused-ring (bicyclic) bond motifs is 1. The molecule has 34 heavy (non-hydrogen) atoms. The molecule has 186 valence electrons. The number of carbonyl (C=O) groups is 1. The van der Waals surface area contributed by atoms with Crippen LogP contribution >= 0.6 is 11.3 Å². The number of hydrogen-bond acceptors (Lipinski definition) is 8. The van der Waals surface area contributed by atoms with Crippen LogP contribution in [-0.2, 0) is 9.47 Å². The van der Waals surface area contributed by atoms with Crippen molar-refractivity contribution in [2.24, 2.45) is 11.8 Å². The minimum absolute atomic E-state index is 0.0474. The first-order valence-electron chi connectivity index (χ1n) is 11.1. The Labute approximate surface area is 198 Å². The lowest BCUT2D eigenvalue weighted by molar-refractivity contribution is -0.274. The van der Waals surface area contributed by atoms with Gasteiger partial charge in [0.05, 0.1) is 24.9 Å². The summed E-state index contributed by atoms with van der Waals surface area (Å²) in [5.74, 6) is -0.768. The zero-order valence-electron chi connectivity index (χ0n) is 18.7. The van der Waals surface area contributed by atoms with Gasteiger partial charge in [0.2, 0.25) is 0 Å². The number of thiazole rings is 1. The summed E-state index contributed by atoms with van der Waals surface area (Å²) in [6.07, 6.45) is -4.27. The number of benzene rings is 1. The number of alkyl halides is 3. The third-order valence-electron chi connectivity index (χ3n) is 5.93. The number of rotatable bonds is 7. The van der Waals surface area contributed by atoms with E-state index in [0.29, 0.717) is 17.8 Å². The van der Waals surface area contributed by atoms with Crippen LogP contribution in [0.2, 0.25) is 0 Å². The lowest BCUT2D eigenvalue weighted by Crippen LogP contribution is -2.33. The van der Waals surface area contributed by atoms with Crippen LogP contribution < -0.4 is 9.47 Å². The second-order valence-electron chi connectivity index (χ2n) is 8.73. The quantitative estimate of drug-likeness (QED) is 0.540. The van der Waals surface area contributed by atoms with Crippen molar-refractivity contribution in [2.45, 2.75) is 63.9 Å². The van der Waals surface area contributed by atoms with Crippen LogP contribution in [0.3, 0.4) is 0 Å². The molecule has 7 nitrogen and oxygen atoms in total. The fraction of sp³-hybridized carbons (Fsp3) is 0.565. The van der Waals surface area contributed by atoms with E-state index in [1.807, 2.05) is 0 Å². The molecule has 1 saturated heterocycles. The predicted octanol–water partition coefficient (Wildman–Crippen LogP) is 4.90. The van der Waals surface area contributed by atoms with Crippen molar-refractivity contribution < 1.29 is 42.0 Å². The first-order chi connectivity index (χ1) is 16.1. The first-order valence-corrected chi connectivity index (χ1v) is 12.0. The summed E-state index contributed by atoms with van der Waals surface area (Å²) in [6, 6.07) is 5.32. The zero-order chi connectivity index (χ0) is 24.5. The third kappa shape index (κ3) is 6.00. The van der Waals surface area contributed by atoms with Crippen LogP contribution in [0.25, 0.3) is 0 Å². The minimum Gasteiger partial charge on any atom is -0.493 e. The summed E-state index contributed by atoms with van der Waals surface area (Å²) in [5, 5.41) is 13.0. The van der Waals surface area contributed by atoms with Crippen molar-refractivity contribution in [3.63, 3.8) is 0 Å². The molecule has 0 bridgehead atoms. The maximum absolute atomic E-state index is 12.4. The average molecular weight is 502 g/mol. The van der Waals surface area contributed by atoms with Crippen molar-refractivity contribution in [2.75, 3.05) is 6.61 Å². The molecule has 2 fully saturated rings. The Morgan fingerprint density at radius 3 is 2.79 bits per heavy atom. The zero-order valence-corrected chi connectivity index (χ0v) is 19.5. The molecule has 0 radical (unpaired) electrons. The lowest BCUT2D eigenvalue weighted by Gasteiger charge is -2.33. The highest BCUT2D eigenvalue weighted by molar-refractivity contribution is 7.09. The second kappa shape index (κ2) is 10.1. The molecule has 0 unspecified atom stereocenters. The summed E-state index contributed by atoms with van der Waals surface area (Å²) in [4.78, 5) is 16.5. The number of nitrogens with zero attached hydrogens (tertiary/aromatic N) is 1. The first kappa shape index (κ1) is 24.7. The summed E-state index contributed by atoms with van der Waals surface area (Å²) in [5.41, 5.74) is 0.258. The second-order valence-corrected chi connectivity index (χ2v) is 9.62. The molecule has 2 heterocycles. The van der Waals surface area contributed by atoms with E-state index in [-0.39, 0.29) is 53.9 Å². The van der Waals surface area contributed by atoms with Gasteiger partial charge in [0.15, 0.2) is 5.69 Å². The van der Waals surface area contributed by atoms with Gasteiger partial charge in [-0.15, -0.1) is 24.5 Å². The molecule has 2 aromatic rings. The Balaban J connectivity index is 1.34. The molecule has 1 N–H and O–H groups in total. The SMILES string of the molecule is CC(C)OC(=O)c1csc([C@H]2CC[C@@H]3[C@@H](COc4cccc(OC(F)(F)F)c4)[C@H](O)C[C@@H]3O2)n1. The van der Waals surface area contributed by atoms with Crippen molar-refractivity contribution >= 4 is 17.3 Å². The number of carbonyl (C=O) groups excluding carboxylic acids is 1. The van der Waals surface area contributed by atoms with Gasteiger partial charge in [-0.3, -0.25) is 0 Å². The largest absolute Gasteiger partial charge is 0.573 e. The smallest absolute Gasteiger partial charge is 0.493 e. The van der Waals surface area contributed by atoms with Gasteiger partial charge in [0.1, 0.15) is 22.6 Å². The maximum Gasteiger partial charge on any atom is 0.573 e. The Hall–Kier alpha value is -2.37. The molecule has 11 heteroatoms. The fourth-order valence-corrected chi connectivity index (χ4v) is 5.36. The molecule has 1 aliphatic heterocycles. The third-order valence-corrected chi connectivity index (χ3v) is 6.86. The molecular formula is C23H26F3NO6S. The van der Waals surface area contributed by atoms with E-state index in [4.69, 9.17) is 14.2 Å². The van der Waals surface area contributed by atoms with Crippen molar-refractivity contribution in [1.29, 1.82) is 0 Å². The van der Waals surface area contributed by atoms with Crippen LogP contribution in [0.1, 0.15) is 54.7 Å². The Bertz CT molecular complexity index is 997. The van der Waals surface area contributed by atoms with Gasteiger partial charge in [0, 0.05) is 23.8 Å². The number of aromatic nitrogens is 1. The van der Waals surface area contributed by atoms with E-state index in [1.54, 1.807) is 25.3 Å². The average Bonchev–Trinajstić information content (AvgIpc) is 3.35. The molecule has 1 saturated carbocycles. The topological polar surface area (TPSA) is 87.1 Å². The highest BCUT2D eigenvalue weighted by atomic mass is 32.1. The molecule has 1 aliphatic carbocycles. The minimum atomic E-state index is -4.78. The highest BCUT2D eigenvalue weighted by Gasteiger charge is 2.47. The lowest BCUT2D eigenvalue weighted by atomic mass is 9.87. The van der Waals surface area contributed by atoms with Gasteiger partial charge in [-0.25, -0.2) is 9.78 Å². The van der Waals surface area contributed by atoms with Crippen LogP contribution in [0, 0.1) is 11.8 Å². The Morgan fingerprint density at radius 1 is 1.29 bits per heavy atom. The Kier molecular flexibility index (Phi) is 7.34. The van der Waals surface area contributed by atoms with Crippen LogP contribution in [0.5, 0.6) is 11.5 Å². The molecule has 1 aromatic carbocycles. The van der Waals surface area contributed by atoms with Crippen molar-refractivity contribution in [1.82, 2.24) is 4.98 Å². The van der Waals surface area contributed by atoms with Crippen LogP contribution in [0.4, 0.5) is 13.2 Å². The molecule has 1 aromatic heterocycles. The summed E-state index contributed by atoms with van der Waals surface area (Å²) in [6.45, 7) is 3.69. The van der Waals surface area contributed by atoms with Gasteiger partial charge in [-0.1, -0.05) is 6.07 Å². The monoisotopic (exact) mass is 501 g/mol. The number of esters is 1. The summed E-state index contributed by atoms with van der Waals surface area (Å²) < 4.78 is 58.4.